The van der Waals surface area contributed by atoms with Gasteiger partial charge in [0.2, 0.25) is 11.8 Å². The van der Waals surface area contributed by atoms with E-state index in [9.17, 15) is 14.0 Å². The predicted octanol–water partition coefficient (Wildman–Crippen LogP) is 2.96. The number of carbonyl (C=O) groups is 2. The van der Waals surface area contributed by atoms with Gasteiger partial charge < -0.3 is 10.6 Å². The number of fused-ring (bicyclic) bond motifs is 1. The number of rotatable bonds is 2. The molecular weight excluding hydrogens is 305 g/mol. The number of hydrogen-bond acceptors (Lipinski definition) is 4. The molecule has 0 saturated heterocycles. The van der Waals surface area contributed by atoms with Crippen LogP contribution in [0.15, 0.2) is 18.2 Å². The third-order valence-corrected chi connectivity index (χ3v) is 4.62. The van der Waals surface area contributed by atoms with E-state index in [2.05, 4.69) is 15.6 Å². The molecule has 0 fully saturated rings. The molecule has 22 heavy (non-hydrogen) atoms. The number of hydrogen-bond donors (Lipinski definition) is 2. The zero-order valence-corrected chi connectivity index (χ0v) is 12.9. The maximum atomic E-state index is 13.3. The molecule has 3 rings (SSSR count). The molecule has 2 N–H and O–H groups in total. The van der Waals surface area contributed by atoms with Crippen LogP contribution in [0.25, 0.3) is 0 Å². The molecule has 1 aliphatic heterocycles. The topological polar surface area (TPSA) is 71.1 Å². The third-order valence-electron chi connectivity index (χ3n) is 3.63. The number of amides is 2. The minimum Gasteiger partial charge on any atom is -0.326 e. The number of carbonyl (C=O) groups excluding carboxylic acids is 2. The van der Waals surface area contributed by atoms with Gasteiger partial charge in [-0.25, -0.2) is 9.37 Å². The van der Waals surface area contributed by atoms with E-state index in [-0.39, 0.29) is 18.2 Å². The monoisotopic (exact) mass is 319 g/mol. The van der Waals surface area contributed by atoms with Gasteiger partial charge in [0.15, 0.2) is 5.13 Å². The molecule has 0 saturated carbocycles. The molecule has 2 aromatic rings. The minimum absolute atomic E-state index is 0.0355. The lowest BCUT2D eigenvalue weighted by Gasteiger charge is -2.24. The Hall–Kier alpha value is -2.28. The Morgan fingerprint density at radius 3 is 2.91 bits per heavy atom. The van der Waals surface area contributed by atoms with Crippen molar-refractivity contribution in [3.05, 3.63) is 40.2 Å². The summed E-state index contributed by atoms with van der Waals surface area (Å²) in [5.74, 6) is -1.71. The minimum atomic E-state index is -0.645. The van der Waals surface area contributed by atoms with Crippen molar-refractivity contribution in [2.45, 2.75) is 26.2 Å². The van der Waals surface area contributed by atoms with Gasteiger partial charge in [0.05, 0.1) is 11.6 Å². The van der Waals surface area contributed by atoms with Crippen LogP contribution in [-0.4, -0.2) is 16.8 Å². The molecule has 1 aromatic carbocycles. The van der Waals surface area contributed by atoms with E-state index >= 15 is 0 Å². The fourth-order valence-corrected chi connectivity index (χ4v) is 3.21. The lowest BCUT2D eigenvalue weighted by Crippen LogP contribution is -2.30. The molecular formula is C15H14FN3O2S. The summed E-state index contributed by atoms with van der Waals surface area (Å²) >= 11 is 1.39. The quantitative estimate of drug-likeness (QED) is 0.894. The Kier molecular flexibility index (Phi) is 3.66. The Bertz CT molecular complexity index is 753. The summed E-state index contributed by atoms with van der Waals surface area (Å²) in [5.41, 5.74) is 1.83. The van der Waals surface area contributed by atoms with Gasteiger partial charge in [-0.2, -0.15) is 0 Å². The maximum absolute atomic E-state index is 13.3. The molecule has 1 aromatic heterocycles. The fourth-order valence-electron chi connectivity index (χ4n) is 2.39. The molecule has 2 heterocycles. The number of halogens is 1. The highest BCUT2D eigenvalue weighted by molar-refractivity contribution is 7.15. The van der Waals surface area contributed by atoms with Crippen molar-refractivity contribution in [3.8, 4) is 0 Å². The molecule has 5 nitrogen and oxygen atoms in total. The summed E-state index contributed by atoms with van der Waals surface area (Å²) < 4.78 is 13.3. The lowest BCUT2D eigenvalue weighted by atomic mass is 9.90. The number of thiazole rings is 1. The smallest absolute Gasteiger partial charge is 0.234 e. The number of nitrogens with zero attached hydrogens (tertiary/aromatic N) is 1. The highest BCUT2D eigenvalue weighted by Crippen LogP contribution is 2.34. The van der Waals surface area contributed by atoms with Crippen LogP contribution in [0, 0.1) is 19.7 Å². The summed E-state index contributed by atoms with van der Waals surface area (Å²) in [6.45, 7) is 3.79. The number of aromatic nitrogens is 1. The number of nitrogens with one attached hydrogen (secondary N) is 2. The van der Waals surface area contributed by atoms with E-state index in [1.807, 2.05) is 13.8 Å². The van der Waals surface area contributed by atoms with Crippen LogP contribution >= 0.6 is 11.3 Å². The summed E-state index contributed by atoms with van der Waals surface area (Å²) in [6.07, 6.45) is 0.0355. The molecule has 2 amide bonds. The molecule has 0 radical (unpaired) electrons. The van der Waals surface area contributed by atoms with E-state index < -0.39 is 11.7 Å². The highest BCUT2D eigenvalue weighted by atomic mass is 32.1. The second-order valence-electron chi connectivity index (χ2n) is 5.19. The first-order valence-corrected chi connectivity index (χ1v) is 7.60. The van der Waals surface area contributed by atoms with Crippen molar-refractivity contribution in [1.82, 2.24) is 4.98 Å². The van der Waals surface area contributed by atoms with Crippen LogP contribution < -0.4 is 10.6 Å². The molecule has 114 valence electrons. The summed E-state index contributed by atoms with van der Waals surface area (Å²) in [4.78, 5) is 29.5. The standard InChI is InChI=1S/C15H14FN3O2S/c1-7-8(2)22-15(17-7)19-14(21)11-6-13(20)18-12-5-9(16)3-4-10(11)12/h3-5,11H,6H2,1-2H3,(H,18,20)(H,17,19,21). The van der Waals surface area contributed by atoms with E-state index in [4.69, 9.17) is 0 Å². The molecule has 1 atom stereocenters. The average molecular weight is 319 g/mol. The largest absolute Gasteiger partial charge is 0.326 e. The Morgan fingerprint density at radius 1 is 1.45 bits per heavy atom. The van der Waals surface area contributed by atoms with Gasteiger partial charge in [0.25, 0.3) is 0 Å². The van der Waals surface area contributed by atoms with E-state index in [1.165, 1.54) is 29.5 Å². The van der Waals surface area contributed by atoms with Crippen LogP contribution in [0.4, 0.5) is 15.2 Å². The summed E-state index contributed by atoms with van der Waals surface area (Å²) in [6, 6.07) is 4.05. The van der Waals surface area contributed by atoms with Gasteiger partial charge in [0, 0.05) is 17.0 Å². The number of aryl methyl sites for hydroxylation is 2. The SMILES string of the molecule is Cc1nc(NC(=O)C2CC(=O)Nc3cc(F)ccc32)sc1C. The highest BCUT2D eigenvalue weighted by Gasteiger charge is 2.31. The third kappa shape index (κ3) is 2.71. The fraction of sp³-hybridized carbons (Fsp3) is 0.267. The molecule has 0 spiro atoms. The number of benzene rings is 1. The van der Waals surface area contributed by atoms with Gasteiger partial charge >= 0.3 is 0 Å². The van der Waals surface area contributed by atoms with Gasteiger partial charge in [-0.15, -0.1) is 11.3 Å². The summed E-state index contributed by atoms with van der Waals surface area (Å²) in [7, 11) is 0. The van der Waals surface area contributed by atoms with E-state index in [1.54, 1.807) is 0 Å². The van der Waals surface area contributed by atoms with Crippen LogP contribution in [-0.2, 0) is 9.59 Å². The van der Waals surface area contributed by atoms with Crippen molar-refractivity contribution in [3.63, 3.8) is 0 Å². The molecule has 0 aliphatic carbocycles. The maximum Gasteiger partial charge on any atom is 0.234 e. The molecule has 1 unspecified atom stereocenters. The first-order valence-electron chi connectivity index (χ1n) is 6.78. The lowest BCUT2D eigenvalue weighted by molar-refractivity contribution is -0.123. The second kappa shape index (κ2) is 5.49. The van der Waals surface area contributed by atoms with Crippen molar-refractivity contribution in [1.29, 1.82) is 0 Å². The Balaban J connectivity index is 1.88. The van der Waals surface area contributed by atoms with Crippen molar-refractivity contribution in [2.75, 3.05) is 10.6 Å². The Morgan fingerprint density at radius 2 is 2.23 bits per heavy atom. The van der Waals surface area contributed by atoms with Crippen LogP contribution in [0.1, 0.15) is 28.5 Å². The van der Waals surface area contributed by atoms with Crippen LogP contribution in [0.3, 0.4) is 0 Å². The second-order valence-corrected chi connectivity index (χ2v) is 6.39. The van der Waals surface area contributed by atoms with Crippen LogP contribution in [0.2, 0.25) is 0 Å². The predicted molar refractivity (Wildman–Crippen MR) is 82.6 cm³/mol. The average Bonchev–Trinajstić information content (AvgIpc) is 2.75. The van der Waals surface area contributed by atoms with Gasteiger partial charge in [0.1, 0.15) is 5.82 Å². The van der Waals surface area contributed by atoms with E-state index in [0.29, 0.717) is 16.4 Å². The molecule has 1 aliphatic rings. The van der Waals surface area contributed by atoms with Crippen molar-refractivity contribution >= 4 is 34.0 Å². The van der Waals surface area contributed by atoms with Gasteiger partial charge in [-0.1, -0.05) is 6.07 Å². The van der Waals surface area contributed by atoms with Crippen molar-refractivity contribution < 1.29 is 14.0 Å². The van der Waals surface area contributed by atoms with Gasteiger partial charge in [-0.3, -0.25) is 9.59 Å². The zero-order valence-electron chi connectivity index (χ0n) is 12.1. The zero-order chi connectivity index (χ0) is 15.9. The van der Waals surface area contributed by atoms with Crippen molar-refractivity contribution in [2.24, 2.45) is 0 Å². The molecule has 7 heteroatoms. The van der Waals surface area contributed by atoms with Gasteiger partial charge in [-0.05, 0) is 31.5 Å². The van der Waals surface area contributed by atoms with Crippen LogP contribution in [0.5, 0.6) is 0 Å². The normalized spacial score (nSPS) is 16.9. The Labute approximate surface area is 130 Å². The first-order chi connectivity index (χ1) is 10.4. The first kappa shape index (κ1) is 14.6. The summed E-state index contributed by atoms with van der Waals surface area (Å²) in [5, 5.41) is 5.84. The van der Waals surface area contributed by atoms with E-state index in [0.717, 1.165) is 10.6 Å². The number of anilines is 2. The molecule has 0 bridgehead atoms.